The number of allylic oxidation sites excluding steroid dienone is 2. The number of anilines is 1. The maximum atomic E-state index is 13.3. The summed E-state index contributed by atoms with van der Waals surface area (Å²) in [6.45, 7) is 0. The number of carbonyl (C=O) groups is 3. The first kappa shape index (κ1) is 19.1. The topological polar surface area (TPSA) is 63.7 Å². The van der Waals surface area contributed by atoms with Crippen LogP contribution in [0, 0.1) is 35.5 Å². The van der Waals surface area contributed by atoms with E-state index in [0.29, 0.717) is 22.5 Å². The van der Waals surface area contributed by atoms with Crippen LogP contribution in [0.3, 0.4) is 0 Å². The Morgan fingerprint density at radius 1 is 0.935 bits per heavy atom. The monoisotopic (exact) mass is 453 g/mol. The van der Waals surface area contributed by atoms with Gasteiger partial charge in [-0.05, 0) is 60.4 Å². The molecule has 1 heterocycles. The summed E-state index contributed by atoms with van der Waals surface area (Å²) < 4.78 is 5.46. The van der Waals surface area contributed by atoms with Crippen molar-refractivity contribution in [1.82, 2.24) is 0 Å². The lowest BCUT2D eigenvalue weighted by atomic mass is 9.63. The van der Waals surface area contributed by atoms with Crippen LogP contribution >= 0.6 is 23.2 Å². The molecule has 5 aliphatic rings. The minimum Gasteiger partial charge on any atom is -0.423 e. The first-order valence-electron chi connectivity index (χ1n) is 10.3. The van der Waals surface area contributed by atoms with Crippen molar-refractivity contribution in [3.8, 4) is 5.75 Å². The molecule has 2 bridgehead atoms. The molecule has 7 rings (SSSR count). The van der Waals surface area contributed by atoms with E-state index in [1.807, 2.05) is 0 Å². The molecule has 0 aromatic heterocycles. The van der Waals surface area contributed by atoms with Crippen molar-refractivity contribution in [2.45, 2.75) is 6.42 Å². The van der Waals surface area contributed by atoms with Gasteiger partial charge >= 0.3 is 5.97 Å². The molecule has 156 valence electrons. The Kier molecular flexibility index (Phi) is 4.11. The molecule has 1 saturated heterocycles. The van der Waals surface area contributed by atoms with Gasteiger partial charge in [0.05, 0.1) is 28.1 Å². The molecule has 0 spiro atoms. The standard InChI is InChI=1S/C24H17Cl2NO4/c25-11-4-5-16(19(26)8-11)24(30)31-13-3-1-2-12(9-13)27-22(28)20-14-6-7-15(18-10-17(14)18)21(20)23(27)29/h1-9,14-15,17-18,20-21H,10H2/t14-,15+,17-,18-,20+,21-/m1/s1. The summed E-state index contributed by atoms with van der Waals surface area (Å²) in [5.74, 6) is 0.156. The highest BCUT2D eigenvalue weighted by Gasteiger charge is 2.67. The van der Waals surface area contributed by atoms with E-state index in [9.17, 15) is 14.4 Å². The number of hydrogen-bond acceptors (Lipinski definition) is 4. The Morgan fingerprint density at radius 2 is 1.61 bits per heavy atom. The van der Waals surface area contributed by atoms with Crippen LogP contribution in [0.4, 0.5) is 5.69 Å². The summed E-state index contributed by atoms with van der Waals surface area (Å²) in [5, 5.41) is 0.598. The van der Waals surface area contributed by atoms with Crippen LogP contribution in [0.25, 0.3) is 0 Å². The molecule has 2 aromatic rings. The Hall–Kier alpha value is -2.63. The summed E-state index contributed by atoms with van der Waals surface area (Å²) in [7, 11) is 0. The zero-order valence-corrected chi connectivity index (χ0v) is 17.7. The molecule has 0 N–H and O–H groups in total. The van der Waals surface area contributed by atoms with E-state index < -0.39 is 5.97 Å². The second-order valence-electron chi connectivity index (χ2n) is 8.68. The van der Waals surface area contributed by atoms with Crippen molar-refractivity contribution < 1.29 is 19.1 Å². The third kappa shape index (κ3) is 2.80. The molecule has 2 aromatic carbocycles. The van der Waals surface area contributed by atoms with E-state index >= 15 is 0 Å². The highest BCUT2D eigenvalue weighted by Crippen LogP contribution is 2.65. The molecule has 0 radical (unpaired) electrons. The number of ether oxygens (including phenoxy) is 1. The summed E-state index contributed by atoms with van der Waals surface area (Å²) in [4.78, 5) is 40.4. The van der Waals surface area contributed by atoms with Crippen LogP contribution in [0.1, 0.15) is 16.8 Å². The summed E-state index contributed by atoms with van der Waals surface area (Å²) in [5.41, 5.74) is 0.600. The SMILES string of the molecule is O=C(Oc1cccc(N2C(=O)[C@@H]3[C@H]4C=C[C@H]([C@H]5C[C@H]45)[C@@H]3C2=O)c1)c1ccc(Cl)cc1Cl. The Bertz CT molecular complexity index is 1160. The van der Waals surface area contributed by atoms with E-state index in [1.165, 1.54) is 17.0 Å². The van der Waals surface area contributed by atoms with Crippen molar-refractivity contribution in [2.24, 2.45) is 35.5 Å². The average Bonchev–Trinajstić information content (AvgIpc) is 3.51. The highest BCUT2D eigenvalue weighted by molar-refractivity contribution is 6.36. The van der Waals surface area contributed by atoms with Gasteiger partial charge in [-0.3, -0.25) is 9.59 Å². The number of halogens is 2. The predicted octanol–water partition coefficient (Wildman–Crippen LogP) is 4.77. The van der Waals surface area contributed by atoms with Gasteiger partial charge in [-0.25, -0.2) is 9.69 Å². The Balaban J connectivity index is 1.27. The zero-order chi connectivity index (χ0) is 21.4. The second-order valence-corrected chi connectivity index (χ2v) is 9.52. The quantitative estimate of drug-likeness (QED) is 0.290. The fourth-order valence-electron chi connectivity index (χ4n) is 5.71. The first-order valence-corrected chi connectivity index (χ1v) is 11.0. The Morgan fingerprint density at radius 3 is 2.26 bits per heavy atom. The number of hydrogen-bond donors (Lipinski definition) is 0. The van der Waals surface area contributed by atoms with Crippen molar-refractivity contribution in [2.75, 3.05) is 4.90 Å². The van der Waals surface area contributed by atoms with Crippen molar-refractivity contribution in [1.29, 1.82) is 0 Å². The number of carbonyl (C=O) groups excluding carboxylic acids is 3. The Labute approximate surface area is 188 Å². The van der Waals surface area contributed by atoms with Crippen LogP contribution in [0.15, 0.2) is 54.6 Å². The number of nitrogens with zero attached hydrogens (tertiary/aromatic N) is 1. The van der Waals surface area contributed by atoms with Gasteiger partial charge in [0.1, 0.15) is 5.75 Å². The van der Waals surface area contributed by atoms with E-state index in [-0.39, 0.29) is 51.8 Å². The van der Waals surface area contributed by atoms with Gasteiger partial charge in [0.25, 0.3) is 0 Å². The number of benzene rings is 2. The van der Waals surface area contributed by atoms with Gasteiger partial charge in [0.15, 0.2) is 0 Å². The van der Waals surface area contributed by atoms with Crippen LogP contribution in [-0.4, -0.2) is 17.8 Å². The van der Waals surface area contributed by atoms with Crippen LogP contribution < -0.4 is 9.64 Å². The molecule has 2 saturated carbocycles. The van der Waals surface area contributed by atoms with E-state index in [2.05, 4.69) is 12.2 Å². The van der Waals surface area contributed by atoms with Gasteiger partial charge in [0.2, 0.25) is 11.8 Å². The highest BCUT2D eigenvalue weighted by atomic mass is 35.5. The van der Waals surface area contributed by atoms with Gasteiger partial charge in [-0.15, -0.1) is 0 Å². The lowest BCUT2D eigenvalue weighted by molar-refractivity contribution is -0.124. The fraction of sp³-hybridized carbons (Fsp3) is 0.292. The normalized spacial score (nSPS) is 32.1. The van der Waals surface area contributed by atoms with Crippen molar-refractivity contribution >= 4 is 46.7 Å². The van der Waals surface area contributed by atoms with Gasteiger partial charge in [-0.1, -0.05) is 41.4 Å². The predicted molar refractivity (Wildman–Crippen MR) is 115 cm³/mol. The number of rotatable bonds is 3. The van der Waals surface area contributed by atoms with Gasteiger partial charge < -0.3 is 4.74 Å². The molecule has 3 fully saturated rings. The van der Waals surface area contributed by atoms with E-state index in [1.54, 1.807) is 30.3 Å². The van der Waals surface area contributed by atoms with Crippen LogP contribution in [-0.2, 0) is 9.59 Å². The third-order valence-electron chi connectivity index (χ3n) is 7.10. The molecule has 6 atom stereocenters. The fourth-order valence-corrected chi connectivity index (χ4v) is 6.20. The minimum absolute atomic E-state index is 0.149. The molecular weight excluding hydrogens is 437 g/mol. The molecule has 5 nitrogen and oxygen atoms in total. The second kappa shape index (κ2) is 6.68. The largest absolute Gasteiger partial charge is 0.423 e. The molecule has 4 aliphatic carbocycles. The van der Waals surface area contributed by atoms with E-state index in [4.69, 9.17) is 27.9 Å². The lowest BCUT2D eigenvalue weighted by Gasteiger charge is -2.37. The average molecular weight is 454 g/mol. The van der Waals surface area contributed by atoms with Crippen molar-refractivity contribution in [3.05, 3.63) is 70.2 Å². The summed E-state index contributed by atoms with van der Waals surface area (Å²) >= 11 is 12.0. The minimum atomic E-state index is -0.645. The van der Waals surface area contributed by atoms with E-state index in [0.717, 1.165) is 6.42 Å². The van der Waals surface area contributed by atoms with Gasteiger partial charge in [0, 0.05) is 11.1 Å². The van der Waals surface area contributed by atoms with Crippen molar-refractivity contribution in [3.63, 3.8) is 0 Å². The maximum absolute atomic E-state index is 13.3. The molecule has 0 unspecified atom stereocenters. The molecule has 31 heavy (non-hydrogen) atoms. The molecule has 2 amide bonds. The number of esters is 1. The van der Waals surface area contributed by atoms with Gasteiger partial charge in [-0.2, -0.15) is 0 Å². The van der Waals surface area contributed by atoms with Crippen LogP contribution in [0.5, 0.6) is 5.75 Å². The number of imide groups is 1. The third-order valence-corrected chi connectivity index (χ3v) is 7.65. The maximum Gasteiger partial charge on any atom is 0.345 e. The molecule has 7 heteroatoms. The van der Waals surface area contributed by atoms with Crippen LogP contribution in [0.2, 0.25) is 10.0 Å². The smallest absolute Gasteiger partial charge is 0.345 e. The lowest BCUT2D eigenvalue weighted by Crippen LogP contribution is -2.40. The zero-order valence-electron chi connectivity index (χ0n) is 16.2. The summed E-state index contributed by atoms with van der Waals surface area (Å²) in [6.07, 6.45) is 5.40. The molecule has 1 aliphatic heterocycles. The first-order chi connectivity index (χ1) is 14.9. The summed E-state index contributed by atoms with van der Waals surface area (Å²) in [6, 6.07) is 11.0. The molecular formula is C24H17Cl2NO4. The number of amides is 2.